The predicted molar refractivity (Wildman–Crippen MR) is 63.6 cm³/mol. The fraction of sp³-hybridized carbons (Fsp3) is 0.538. The molecular formula is C13H20O3. The zero-order chi connectivity index (χ0) is 12.0. The van der Waals surface area contributed by atoms with Crippen LogP contribution in [0.5, 0.6) is 5.75 Å². The van der Waals surface area contributed by atoms with Crippen molar-refractivity contribution in [3.8, 4) is 5.75 Å². The van der Waals surface area contributed by atoms with E-state index in [0.717, 1.165) is 11.3 Å². The van der Waals surface area contributed by atoms with Gasteiger partial charge >= 0.3 is 0 Å². The first kappa shape index (κ1) is 13.0. The first-order chi connectivity index (χ1) is 7.67. The van der Waals surface area contributed by atoms with Crippen LogP contribution in [-0.4, -0.2) is 25.9 Å². The number of ether oxygens (including phenoxy) is 2. The molecule has 0 aromatic heterocycles. The van der Waals surface area contributed by atoms with Gasteiger partial charge in [0, 0.05) is 13.7 Å². The predicted octanol–water partition coefficient (Wildman–Crippen LogP) is 2.40. The number of aliphatic hydroxyl groups is 1. The Hall–Kier alpha value is -1.06. The summed E-state index contributed by atoms with van der Waals surface area (Å²) in [6.07, 6.45) is 0.237. The summed E-state index contributed by atoms with van der Waals surface area (Å²) in [4.78, 5) is 0. The Bertz CT molecular complexity index is 312. The zero-order valence-electron chi connectivity index (χ0n) is 10.1. The van der Waals surface area contributed by atoms with Crippen molar-refractivity contribution in [3.63, 3.8) is 0 Å². The fourth-order valence-corrected chi connectivity index (χ4v) is 1.72. The molecule has 2 atom stereocenters. The molecule has 0 aliphatic carbocycles. The summed E-state index contributed by atoms with van der Waals surface area (Å²) >= 11 is 0. The van der Waals surface area contributed by atoms with E-state index >= 15 is 0 Å². The number of methoxy groups -OCH3 is 2. The minimum atomic E-state index is -0.458. The minimum Gasteiger partial charge on any atom is -0.497 e. The molecule has 1 aromatic rings. The van der Waals surface area contributed by atoms with Crippen LogP contribution >= 0.6 is 0 Å². The van der Waals surface area contributed by atoms with E-state index in [1.165, 1.54) is 0 Å². The van der Waals surface area contributed by atoms with E-state index in [2.05, 4.69) is 6.92 Å². The lowest BCUT2D eigenvalue weighted by atomic mass is 9.99. The van der Waals surface area contributed by atoms with E-state index in [1.54, 1.807) is 14.2 Å². The SMILES string of the molecule is COCC(C)CC(O)c1cccc(OC)c1. The zero-order valence-corrected chi connectivity index (χ0v) is 10.1. The average molecular weight is 224 g/mol. The Morgan fingerprint density at radius 2 is 2.06 bits per heavy atom. The van der Waals surface area contributed by atoms with Gasteiger partial charge in [-0.2, -0.15) is 0 Å². The van der Waals surface area contributed by atoms with Gasteiger partial charge in [-0.05, 0) is 30.0 Å². The molecule has 0 heterocycles. The van der Waals surface area contributed by atoms with E-state index in [0.29, 0.717) is 18.9 Å². The summed E-state index contributed by atoms with van der Waals surface area (Å²) in [7, 11) is 3.30. The molecule has 0 radical (unpaired) electrons. The van der Waals surface area contributed by atoms with Crippen molar-refractivity contribution in [1.29, 1.82) is 0 Å². The molecule has 0 spiro atoms. The molecule has 3 heteroatoms. The van der Waals surface area contributed by atoms with Crippen LogP contribution in [0.4, 0.5) is 0 Å². The molecule has 3 nitrogen and oxygen atoms in total. The van der Waals surface area contributed by atoms with Crippen LogP contribution in [0, 0.1) is 5.92 Å². The molecule has 1 N–H and O–H groups in total. The van der Waals surface area contributed by atoms with Gasteiger partial charge in [-0.15, -0.1) is 0 Å². The first-order valence-electron chi connectivity index (χ1n) is 5.48. The molecule has 90 valence electrons. The maximum absolute atomic E-state index is 10.0. The van der Waals surface area contributed by atoms with Crippen LogP contribution < -0.4 is 4.74 Å². The van der Waals surface area contributed by atoms with Crippen molar-refractivity contribution in [2.24, 2.45) is 5.92 Å². The van der Waals surface area contributed by atoms with Crippen molar-refractivity contribution in [2.45, 2.75) is 19.4 Å². The molecule has 2 unspecified atom stereocenters. The van der Waals surface area contributed by atoms with E-state index in [4.69, 9.17) is 9.47 Å². The Morgan fingerprint density at radius 3 is 2.69 bits per heavy atom. The highest BCUT2D eigenvalue weighted by Crippen LogP contribution is 2.24. The third-order valence-electron chi connectivity index (χ3n) is 2.56. The summed E-state index contributed by atoms with van der Waals surface area (Å²) in [6, 6.07) is 7.53. The van der Waals surface area contributed by atoms with Crippen LogP contribution in [0.2, 0.25) is 0 Å². The van der Waals surface area contributed by atoms with Gasteiger partial charge in [0.2, 0.25) is 0 Å². The smallest absolute Gasteiger partial charge is 0.119 e. The summed E-state index contributed by atoms with van der Waals surface area (Å²) in [5.74, 6) is 1.11. The van der Waals surface area contributed by atoms with E-state index in [1.807, 2.05) is 24.3 Å². The lowest BCUT2D eigenvalue weighted by molar-refractivity contribution is 0.102. The Labute approximate surface area is 97.0 Å². The van der Waals surface area contributed by atoms with E-state index < -0.39 is 6.10 Å². The summed E-state index contributed by atoms with van der Waals surface area (Å²) in [5.41, 5.74) is 0.891. The molecule has 0 aliphatic heterocycles. The van der Waals surface area contributed by atoms with Crippen LogP contribution in [0.25, 0.3) is 0 Å². The van der Waals surface area contributed by atoms with E-state index in [-0.39, 0.29) is 0 Å². The minimum absolute atomic E-state index is 0.339. The maximum atomic E-state index is 10.0. The highest BCUT2D eigenvalue weighted by molar-refractivity contribution is 5.29. The molecule has 1 rings (SSSR count). The second-order valence-corrected chi connectivity index (χ2v) is 4.09. The molecule has 1 aromatic carbocycles. The number of benzene rings is 1. The topological polar surface area (TPSA) is 38.7 Å². The second kappa shape index (κ2) is 6.51. The molecular weight excluding hydrogens is 204 g/mol. The molecule has 0 aliphatic rings. The van der Waals surface area contributed by atoms with Crippen molar-refractivity contribution in [1.82, 2.24) is 0 Å². The lowest BCUT2D eigenvalue weighted by Gasteiger charge is -2.16. The summed E-state index contributed by atoms with van der Waals surface area (Å²) < 4.78 is 10.2. The third kappa shape index (κ3) is 3.83. The molecule has 0 saturated carbocycles. The molecule has 0 bridgehead atoms. The van der Waals surface area contributed by atoms with Gasteiger partial charge in [0.05, 0.1) is 13.2 Å². The van der Waals surface area contributed by atoms with Crippen molar-refractivity contribution >= 4 is 0 Å². The van der Waals surface area contributed by atoms with Gasteiger partial charge in [0.15, 0.2) is 0 Å². The number of hydrogen-bond acceptors (Lipinski definition) is 3. The van der Waals surface area contributed by atoms with Crippen LogP contribution in [-0.2, 0) is 4.74 Å². The lowest BCUT2D eigenvalue weighted by Crippen LogP contribution is -2.09. The second-order valence-electron chi connectivity index (χ2n) is 4.09. The summed E-state index contributed by atoms with van der Waals surface area (Å²) in [6.45, 7) is 2.73. The third-order valence-corrected chi connectivity index (χ3v) is 2.56. The standard InChI is InChI=1S/C13H20O3/c1-10(9-15-2)7-13(14)11-5-4-6-12(8-11)16-3/h4-6,8,10,13-14H,7,9H2,1-3H3. The van der Waals surface area contributed by atoms with Crippen LogP contribution in [0.3, 0.4) is 0 Å². The van der Waals surface area contributed by atoms with Gasteiger partial charge in [-0.25, -0.2) is 0 Å². The fourth-order valence-electron chi connectivity index (χ4n) is 1.72. The number of aliphatic hydroxyl groups excluding tert-OH is 1. The first-order valence-corrected chi connectivity index (χ1v) is 5.48. The van der Waals surface area contributed by atoms with Crippen molar-refractivity contribution in [2.75, 3.05) is 20.8 Å². The van der Waals surface area contributed by atoms with Gasteiger partial charge < -0.3 is 14.6 Å². The normalized spacial score (nSPS) is 14.5. The monoisotopic (exact) mass is 224 g/mol. The molecule has 0 saturated heterocycles. The molecule has 16 heavy (non-hydrogen) atoms. The maximum Gasteiger partial charge on any atom is 0.119 e. The number of hydrogen-bond donors (Lipinski definition) is 1. The van der Waals surface area contributed by atoms with Gasteiger partial charge in [-0.1, -0.05) is 19.1 Å². The summed E-state index contributed by atoms with van der Waals surface area (Å²) in [5, 5.41) is 10.0. The van der Waals surface area contributed by atoms with Crippen LogP contribution in [0.15, 0.2) is 24.3 Å². The van der Waals surface area contributed by atoms with Crippen molar-refractivity contribution < 1.29 is 14.6 Å². The Balaban J connectivity index is 2.61. The number of rotatable bonds is 6. The van der Waals surface area contributed by atoms with Gasteiger partial charge in [-0.3, -0.25) is 0 Å². The Morgan fingerprint density at radius 1 is 1.31 bits per heavy atom. The van der Waals surface area contributed by atoms with Gasteiger partial charge in [0.1, 0.15) is 5.75 Å². The molecule has 0 fully saturated rings. The molecule has 0 amide bonds. The van der Waals surface area contributed by atoms with Gasteiger partial charge in [0.25, 0.3) is 0 Å². The highest BCUT2D eigenvalue weighted by Gasteiger charge is 2.12. The van der Waals surface area contributed by atoms with Crippen molar-refractivity contribution in [3.05, 3.63) is 29.8 Å². The highest BCUT2D eigenvalue weighted by atomic mass is 16.5. The quantitative estimate of drug-likeness (QED) is 0.806. The largest absolute Gasteiger partial charge is 0.497 e. The Kier molecular flexibility index (Phi) is 5.29. The van der Waals surface area contributed by atoms with E-state index in [9.17, 15) is 5.11 Å². The van der Waals surface area contributed by atoms with Crippen LogP contribution in [0.1, 0.15) is 25.0 Å². The average Bonchev–Trinajstić information content (AvgIpc) is 2.29.